The van der Waals surface area contributed by atoms with Crippen molar-refractivity contribution in [3.63, 3.8) is 0 Å². The Morgan fingerprint density at radius 1 is 1.00 bits per heavy atom. The highest BCUT2D eigenvalue weighted by Gasteiger charge is 1.75. The highest BCUT2D eigenvalue weighted by molar-refractivity contribution is 5.62. The van der Waals surface area contributed by atoms with Crippen LogP contribution < -0.4 is 0 Å². The Kier molecular flexibility index (Phi) is 31.1. The number of rotatable bonds is 4. The molecule has 14 heavy (non-hydrogen) atoms. The lowest BCUT2D eigenvalue weighted by atomic mass is 10.2. The summed E-state index contributed by atoms with van der Waals surface area (Å²) in [5.74, 6) is -0.833. The molecule has 0 amide bonds. The maximum absolute atomic E-state index is 9.00. The molecule has 0 rings (SSSR count). The van der Waals surface area contributed by atoms with Gasteiger partial charge in [0.05, 0.1) is 0 Å². The molecule has 0 saturated carbocycles. The summed E-state index contributed by atoms with van der Waals surface area (Å²) in [6.07, 6.45) is 6.41. The van der Waals surface area contributed by atoms with Crippen molar-refractivity contribution in [1.82, 2.24) is 0 Å². The number of carboxylic acid groups (broad SMARTS) is 1. The summed E-state index contributed by atoms with van der Waals surface area (Å²) in [5.41, 5.74) is 0. The van der Waals surface area contributed by atoms with E-state index in [0.29, 0.717) is 6.61 Å². The number of aliphatic carboxylic acids is 1. The van der Waals surface area contributed by atoms with E-state index in [9.17, 15) is 0 Å². The predicted molar refractivity (Wildman–Crippen MR) is 60.5 cm³/mol. The van der Waals surface area contributed by atoms with Crippen LogP contribution in [0.1, 0.15) is 59.8 Å². The first-order valence-electron chi connectivity index (χ1n) is 5.37. The topological polar surface area (TPSA) is 57.5 Å². The van der Waals surface area contributed by atoms with Crippen LogP contribution in [0.2, 0.25) is 0 Å². The molecule has 0 bridgehead atoms. The first-order chi connectivity index (χ1) is 6.56. The Morgan fingerprint density at radius 3 is 1.29 bits per heavy atom. The van der Waals surface area contributed by atoms with Crippen molar-refractivity contribution in [1.29, 1.82) is 0 Å². The summed E-state index contributed by atoms with van der Waals surface area (Å²) in [7, 11) is 0. The van der Waals surface area contributed by atoms with E-state index in [1.165, 1.54) is 25.7 Å². The second kappa shape index (κ2) is 22.9. The molecule has 3 heteroatoms. The second-order valence-corrected chi connectivity index (χ2v) is 2.95. The van der Waals surface area contributed by atoms with E-state index >= 15 is 0 Å². The molecule has 0 aliphatic rings. The predicted octanol–water partition coefficient (Wildman–Crippen LogP) is 3.07. The van der Waals surface area contributed by atoms with Gasteiger partial charge in [0.25, 0.3) is 5.97 Å². The van der Waals surface area contributed by atoms with Gasteiger partial charge in [0.15, 0.2) is 0 Å². The molecule has 0 heterocycles. The van der Waals surface area contributed by atoms with Gasteiger partial charge in [-0.25, -0.2) is 0 Å². The van der Waals surface area contributed by atoms with Gasteiger partial charge in [-0.1, -0.05) is 46.5 Å². The molecular weight excluding hydrogens is 180 g/mol. The van der Waals surface area contributed by atoms with E-state index in [0.717, 1.165) is 13.3 Å². The van der Waals surface area contributed by atoms with Gasteiger partial charge in [-0.05, 0) is 6.42 Å². The molecule has 0 aliphatic heterocycles. The van der Waals surface area contributed by atoms with Gasteiger partial charge in [-0.15, -0.1) is 0 Å². The Bertz CT molecular complexity index is 82.5. The zero-order chi connectivity index (χ0) is 11.8. The summed E-state index contributed by atoms with van der Waals surface area (Å²) in [4.78, 5) is 9.00. The van der Waals surface area contributed by atoms with Crippen LogP contribution in [0.4, 0.5) is 0 Å². The van der Waals surface area contributed by atoms with Crippen LogP contribution in [0.25, 0.3) is 0 Å². The molecule has 0 fully saturated rings. The molecule has 3 nitrogen and oxygen atoms in total. The van der Waals surface area contributed by atoms with Crippen LogP contribution in [0.5, 0.6) is 0 Å². The molecule has 0 unspecified atom stereocenters. The van der Waals surface area contributed by atoms with E-state index in [4.69, 9.17) is 15.0 Å². The normalized spacial score (nSPS) is 7.79. The van der Waals surface area contributed by atoms with Crippen molar-refractivity contribution >= 4 is 5.97 Å². The SMILES string of the molecule is CC(=O)O.CCCCCC.CCCO. The molecule has 0 atom stereocenters. The fourth-order valence-electron chi connectivity index (χ4n) is 0.500. The van der Waals surface area contributed by atoms with Gasteiger partial charge in [-0.2, -0.15) is 0 Å². The van der Waals surface area contributed by atoms with E-state index in [-0.39, 0.29) is 0 Å². The molecular formula is C11H26O3. The zero-order valence-corrected chi connectivity index (χ0v) is 10.0. The minimum atomic E-state index is -0.833. The molecule has 0 saturated heterocycles. The van der Waals surface area contributed by atoms with Crippen LogP contribution in [-0.2, 0) is 4.79 Å². The molecule has 88 valence electrons. The van der Waals surface area contributed by atoms with Gasteiger partial charge in [0.1, 0.15) is 0 Å². The van der Waals surface area contributed by atoms with E-state index in [2.05, 4.69) is 13.8 Å². The Labute approximate surface area is 88.2 Å². The van der Waals surface area contributed by atoms with Gasteiger partial charge < -0.3 is 10.2 Å². The lowest BCUT2D eigenvalue weighted by molar-refractivity contribution is -0.134. The second-order valence-electron chi connectivity index (χ2n) is 2.95. The standard InChI is InChI=1S/C6H14.C3H8O.C2H4O2/c1-3-5-6-4-2;1-2-3-4;1-2(3)4/h3-6H2,1-2H3;4H,2-3H2,1H3;1H3,(H,3,4). The van der Waals surface area contributed by atoms with Gasteiger partial charge in [-0.3, -0.25) is 4.79 Å². The molecule has 0 radical (unpaired) electrons. The van der Waals surface area contributed by atoms with Crippen molar-refractivity contribution in [2.24, 2.45) is 0 Å². The van der Waals surface area contributed by atoms with Crippen molar-refractivity contribution in [2.45, 2.75) is 59.8 Å². The molecule has 0 aromatic rings. The number of aliphatic hydroxyl groups is 1. The van der Waals surface area contributed by atoms with E-state index in [1.807, 2.05) is 6.92 Å². The Morgan fingerprint density at radius 2 is 1.21 bits per heavy atom. The fourth-order valence-corrected chi connectivity index (χ4v) is 0.500. The third-order valence-corrected chi connectivity index (χ3v) is 1.18. The first kappa shape index (κ1) is 19.1. The van der Waals surface area contributed by atoms with Gasteiger partial charge in [0.2, 0.25) is 0 Å². The van der Waals surface area contributed by atoms with Crippen LogP contribution in [0.15, 0.2) is 0 Å². The van der Waals surface area contributed by atoms with Crippen LogP contribution in [-0.4, -0.2) is 22.8 Å². The van der Waals surface area contributed by atoms with Crippen LogP contribution in [0, 0.1) is 0 Å². The molecule has 0 spiro atoms. The Balaban J connectivity index is -0.000000135. The number of hydrogen-bond acceptors (Lipinski definition) is 2. The smallest absolute Gasteiger partial charge is 0.300 e. The number of aliphatic hydroxyl groups excluding tert-OH is 1. The van der Waals surface area contributed by atoms with Gasteiger partial charge >= 0.3 is 0 Å². The number of carboxylic acids is 1. The average Bonchev–Trinajstić information content (AvgIpc) is 2.14. The number of unbranched alkanes of at least 4 members (excludes halogenated alkanes) is 3. The lowest BCUT2D eigenvalue weighted by Crippen LogP contribution is -1.78. The summed E-state index contributed by atoms with van der Waals surface area (Å²) >= 11 is 0. The Hall–Kier alpha value is -0.570. The third kappa shape index (κ3) is 106. The highest BCUT2D eigenvalue weighted by atomic mass is 16.4. The summed E-state index contributed by atoms with van der Waals surface area (Å²) in [5, 5.41) is 15.3. The summed E-state index contributed by atoms with van der Waals surface area (Å²) in [6, 6.07) is 0. The third-order valence-electron chi connectivity index (χ3n) is 1.18. The minimum Gasteiger partial charge on any atom is -0.481 e. The van der Waals surface area contributed by atoms with Gasteiger partial charge in [0, 0.05) is 13.5 Å². The molecule has 0 aromatic heterocycles. The monoisotopic (exact) mass is 206 g/mol. The fraction of sp³-hybridized carbons (Fsp3) is 0.909. The van der Waals surface area contributed by atoms with Crippen molar-refractivity contribution < 1.29 is 15.0 Å². The average molecular weight is 206 g/mol. The maximum Gasteiger partial charge on any atom is 0.300 e. The van der Waals surface area contributed by atoms with E-state index < -0.39 is 5.97 Å². The quantitative estimate of drug-likeness (QED) is 0.695. The highest BCUT2D eigenvalue weighted by Crippen LogP contribution is 1.95. The number of hydrogen-bond donors (Lipinski definition) is 2. The zero-order valence-electron chi connectivity index (χ0n) is 10.0. The molecule has 2 N–H and O–H groups in total. The van der Waals surface area contributed by atoms with Crippen molar-refractivity contribution in [3.8, 4) is 0 Å². The molecule has 0 aliphatic carbocycles. The van der Waals surface area contributed by atoms with Crippen LogP contribution >= 0.6 is 0 Å². The molecule has 0 aromatic carbocycles. The minimum absolute atomic E-state index is 0.319. The summed E-state index contributed by atoms with van der Waals surface area (Å²) in [6.45, 7) is 7.80. The summed E-state index contributed by atoms with van der Waals surface area (Å²) < 4.78 is 0. The van der Waals surface area contributed by atoms with Crippen molar-refractivity contribution in [2.75, 3.05) is 6.61 Å². The first-order valence-corrected chi connectivity index (χ1v) is 5.37. The largest absolute Gasteiger partial charge is 0.481 e. The van der Waals surface area contributed by atoms with Crippen LogP contribution in [0.3, 0.4) is 0 Å². The van der Waals surface area contributed by atoms with Crippen molar-refractivity contribution in [3.05, 3.63) is 0 Å². The lowest BCUT2D eigenvalue weighted by Gasteiger charge is -1.86. The van der Waals surface area contributed by atoms with E-state index in [1.54, 1.807) is 0 Å². The maximum atomic E-state index is 9.00. The number of carbonyl (C=O) groups is 1.